The summed E-state index contributed by atoms with van der Waals surface area (Å²) < 4.78 is 0. The van der Waals surface area contributed by atoms with Crippen LogP contribution >= 0.6 is 11.3 Å². The first kappa shape index (κ1) is 8.26. The average Bonchev–Trinajstić information content (AvgIpc) is 2.67. The maximum absolute atomic E-state index is 4.41. The number of nitrogens with zero attached hydrogens (tertiary/aromatic N) is 1. The maximum Gasteiger partial charge on any atom is 0.137 e. The van der Waals surface area contributed by atoms with Crippen LogP contribution in [-0.4, -0.2) is 12.0 Å². The molecule has 0 unspecified atom stereocenters. The molecule has 0 aliphatic heterocycles. The number of thiazole rings is 1. The zero-order valence-electron chi connectivity index (χ0n) is 7.32. The zero-order valence-corrected chi connectivity index (χ0v) is 8.14. The van der Waals surface area contributed by atoms with Crippen LogP contribution < -0.4 is 5.32 Å². The molecule has 2 aromatic rings. The molecule has 0 amide bonds. The molecule has 0 fully saturated rings. The fourth-order valence-corrected chi connectivity index (χ4v) is 1.92. The van der Waals surface area contributed by atoms with Gasteiger partial charge in [0.2, 0.25) is 0 Å². The Morgan fingerprint density at radius 1 is 1.23 bits per heavy atom. The van der Waals surface area contributed by atoms with Crippen molar-refractivity contribution in [1.82, 2.24) is 4.98 Å². The molecule has 0 atom stereocenters. The van der Waals surface area contributed by atoms with E-state index in [1.54, 1.807) is 11.3 Å². The topological polar surface area (TPSA) is 24.9 Å². The van der Waals surface area contributed by atoms with Crippen LogP contribution in [0.3, 0.4) is 0 Å². The van der Waals surface area contributed by atoms with Crippen molar-refractivity contribution < 1.29 is 0 Å². The van der Waals surface area contributed by atoms with Gasteiger partial charge in [-0.15, -0.1) is 11.3 Å². The van der Waals surface area contributed by atoms with E-state index in [2.05, 4.69) is 22.4 Å². The molecule has 1 N–H and O–H groups in total. The lowest BCUT2D eigenvalue weighted by Crippen LogP contribution is -1.86. The van der Waals surface area contributed by atoms with E-state index in [4.69, 9.17) is 0 Å². The first-order valence-corrected chi connectivity index (χ1v) is 4.97. The van der Waals surface area contributed by atoms with Crippen LogP contribution in [-0.2, 0) is 0 Å². The van der Waals surface area contributed by atoms with Crippen molar-refractivity contribution in [2.24, 2.45) is 0 Å². The molecule has 1 heterocycles. The molecule has 0 saturated heterocycles. The molecular weight excluding hydrogens is 180 g/mol. The molecule has 13 heavy (non-hydrogen) atoms. The van der Waals surface area contributed by atoms with Gasteiger partial charge in [0.05, 0.1) is 0 Å². The van der Waals surface area contributed by atoms with Crippen LogP contribution in [0.15, 0.2) is 35.7 Å². The molecule has 0 radical (unpaired) electrons. The molecular formula is C10H10N2S. The number of hydrogen-bond donors (Lipinski definition) is 1. The fraction of sp³-hybridized carbons (Fsp3) is 0.100. The van der Waals surface area contributed by atoms with E-state index in [9.17, 15) is 0 Å². The van der Waals surface area contributed by atoms with Crippen molar-refractivity contribution in [2.45, 2.75) is 0 Å². The standard InChI is InChI=1S/C10H10N2S/c1-11-9-7-13-10(12-9)8-5-3-2-4-6-8/h2-7,11H,1H3. The summed E-state index contributed by atoms with van der Waals surface area (Å²) in [7, 11) is 1.88. The Kier molecular flexibility index (Phi) is 2.27. The first-order chi connectivity index (χ1) is 6.40. The van der Waals surface area contributed by atoms with Gasteiger partial charge in [0.1, 0.15) is 10.8 Å². The van der Waals surface area contributed by atoms with E-state index in [0.717, 1.165) is 10.8 Å². The van der Waals surface area contributed by atoms with Crippen molar-refractivity contribution in [3.8, 4) is 10.6 Å². The molecule has 0 aliphatic carbocycles. The highest BCUT2D eigenvalue weighted by molar-refractivity contribution is 7.13. The smallest absolute Gasteiger partial charge is 0.137 e. The molecule has 2 rings (SSSR count). The van der Waals surface area contributed by atoms with Crippen LogP contribution in [0.1, 0.15) is 0 Å². The number of aromatic nitrogens is 1. The second-order valence-corrected chi connectivity index (χ2v) is 3.51. The Bertz CT molecular complexity index is 381. The van der Waals surface area contributed by atoms with Gasteiger partial charge in [0.25, 0.3) is 0 Å². The summed E-state index contributed by atoms with van der Waals surface area (Å²) in [4.78, 5) is 4.41. The Balaban J connectivity index is 2.36. The highest BCUT2D eigenvalue weighted by Gasteiger charge is 2.01. The first-order valence-electron chi connectivity index (χ1n) is 4.09. The Morgan fingerprint density at radius 3 is 2.62 bits per heavy atom. The van der Waals surface area contributed by atoms with E-state index in [1.165, 1.54) is 5.56 Å². The summed E-state index contributed by atoms with van der Waals surface area (Å²) in [5.74, 6) is 0.934. The number of nitrogens with one attached hydrogen (secondary N) is 1. The largest absolute Gasteiger partial charge is 0.372 e. The van der Waals surface area contributed by atoms with Crippen LogP contribution in [0.25, 0.3) is 10.6 Å². The van der Waals surface area contributed by atoms with Gasteiger partial charge < -0.3 is 5.32 Å². The molecule has 1 aromatic heterocycles. The molecule has 0 spiro atoms. The second kappa shape index (κ2) is 3.58. The summed E-state index contributed by atoms with van der Waals surface area (Å²) in [6.45, 7) is 0. The van der Waals surface area contributed by atoms with Gasteiger partial charge >= 0.3 is 0 Å². The maximum atomic E-state index is 4.41. The highest BCUT2D eigenvalue weighted by Crippen LogP contribution is 2.24. The quantitative estimate of drug-likeness (QED) is 0.787. The molecule has 1 aromatic carbocycles. The van der Waals surface area contributed by atoms with E-state index in [1.807, 2.05) is 30.6 Å². The summed E-state index contributed by atoms with van der Waals surface area (Å²) in [5.41, 5.74) is 1.18. The SMILES string of the molecule is CNc1csc(-c2ccccc2)n1. The number of benzene rings is 1. The van der Waals surface area contributed by atoms with Crippen LogP contribution in [0.2, 0.25) is 0 Å². The van der Waals surface area contributed by atoms with Gasteiger partial charge in [0, 0.05) is 18.0 Å². The normalized spacial score (nSPS) is 9.92. The highest BCUT2D eigenvalue weighted by atomic mass is 32.1. The van der Waals surface area contributed by atoms with Gasteiger partial charge in [-0.2, -0.15) is 0 Å². The lowest BCUT2D eigenvalue weighted by Gasteiger charge is -1.93. The third-order valence-electron chi connectivity index (χ3n) is 1.78. The summed E-state index contributed by atoms with van der Waals surface area (Å²) in [5, 5.41) is 6.09. The minimum Gasteiger partial charge on any atom is -0.372 e. The van der Waals surface area contributed by atoms with Crippen molar-refractivity contribution in [2.75, 3.05) is 12.4 Å². The molecule has 0 bridgehead atoms. The third-order valence-corrected chi connectivity index (χ3v) is 2.67. The number of rotatable bonds is 2. The fourth-order valence-electron chi connectivity index (χ4n) is 1.10. The van der Waals surface area contributed by atoms with Gasteiger partial charge in [-0.25, -0.2) is 4.98 Å². The zero-order chi connectivity index (χ0) is 9.10. The van der Waals surface area contributed by atoms with Crippen LogP contribution in [0.4, 0.5) is 5.82 Å². The molecule has 2 nitrogen and oxygen atoms in total. The minimum atomic E-state index is 0.934. The van der Waals surface area contributed by atoms with E-state index in [0.29, 0.717) is 0 Å². The molecule has 0 saturated carbocycles. The summed E-state index contributed by atoms with van der Waals surface area (Å²) >= 11 is 1.65. The Hall–Kier alpha value is -1.35. The Morgan fingerprint density at radius 2 is 2.00 bits per heavy atom. The summed E-state index contributed by atoms with van der Waals surface area (Å²) in [6.07, 6.45) is 0. The Labute approximate surface area is 81.3 Å². The van der Waals surface area contributed by atoms with Gasteiger partial charge in [0.15, 0.2) is 0 Å². The molecule has 0 aliphatic rings. The summed E-state index contributed by atoms with van der Waals surface area (Å²) in [6, 6.07) is 10.2. The van der Waals surface area contributed by atoms with Gasteiger partial charge in [-0.05, 0) is 0 Å². The number of hydrogen-bond acceptors (Lipinski definition) is 3. The average molecular weight is 190 g/mol. The van der Waals surface area contributed by atoms with Gasteiger partial charge in [-0.1, -0.05) is 30.3 Å². The van der Waals surface area contributed by atoms with E-state index < -0.39 is 0 Å². The molecule has 66 valence electrons. The van der Waals surface area contributed by atoms with Crippen molar-refractivity contribution in [3.63, 3.8) is 0 Å². The van der Waals surface area contributed by atoms with E-state index in [-0.39, 0.29) is 0 Å². The molecule has 3 heteroatoms. The van der Waals surface area contributed by atoms with E-state index >= 15 is 0 Å². The monoisotopic (exact) mass is 190 g/mol. The van der Waals surface area contributed by atoms with Crippen molar-refractivity contribution >= 4 is 17.2 Å². The number of anilines is 1. The van der Waals surface area contributed by atoms with Crippen molar-refractivity contribution in [3.05, 3.63) is 35.7 Å². The van der Waals surface area contributed by atoms with Crippen LogP contribution in [0.5, 0.6) is 0 Å². The van der Waals surface area contributed by atoms with Crippen molar-refractivity contribution in [1.29, 1.82) is 0 Å². The predicted molar refractivity (Wildman–Crippen MR) is 57.1 cm³/mol. The van der Waals surface area contributed by atoms with Crippen LogP contribution in [0, 0.1) is 0 Å². The predicted octanol–water partition coefficient (Wildman–Crippen LogP) is 2.85. The lowest BCUT2D eigenvalue weighted by atomic mass is 10.2. The minimum absolute atomic E-state index is 0.934. The third kappa shape index (κ3) is 1.70. The second-order valence-electron chi connectivity index (χ2n) is 2.65. The lowest BCUT2D eigenvalue weighted by molar-refractivity contribution is 1.35. The van der Waals surface area contributed by atoms with Gasteiger partial charge in [-0.3, -0.25) is 0 Å².